The zero-order chi connectivity index (χ0) is 17.4. The zero-order valence-electron chi connectivity index (χ0n) is 14.0. The Morgan fingerprint density at radius 1 is 1.28 bits per heavy atom. The molecule has 2 aliphatic rings. The van der Waals surface area contributed by atoms with Crippen molar-refractivity contribution >= 4 is 5.91 Å². The fourth-order valence-electron chi connectivity index (χ4n) is 3.81. The molecular formula is C18H20FN3O3. The fraction of sp³-hybridized carbons (Fsp3) is 0.500. The van der Waals surface area contributed by atoms with E-state index in [1.807, 2.05) is 4.90 Å². The Morgan fingerprint density at radius 2 is 2.08 bits per heavy atom. The van der Waals surface area contributed by atoms with Gasteiger partial charge in [-0.25, -0.2) is 4.39 Å². The molecule has 25 heavy (non-hydrogen) atoms. The molecule has 3 atom stereocenters. The van der Waals surface area contributed by atoms with Gasteiger partial charge in [0.15, 0.2) is 5.82 Å². The number of carbonyl (C=O) groups excluding carboxylic acids is 1. The minimum atomic E-state index is -0.293. The van der Waals surface area contributed by atoms with Gasteiger partial charge in [0.05, 0.1) is 25.6 Å². The standard InChI is InChI=1S/C18H20FN3O3/c1-11-20-18(25-21-11)16-10-24-9-13-7-22(8-15(13)16)17(23)6-12-2-4-14(19)5-3-12/h2-5,13,15-16H,6-10H2,1H3/t13-,15-,16+/m1/s1. The Bertz CT molecular complexity index is 761. The third-order valence-electron chi connectivity index (χ3n) is 5.12. The summed E-state index contributed by atoms with van der Waals surface area (Å²) in [5.41, 5.74) is 0.821. The summed E-state index contributed by atoms with van der Waals surface area (Å²) in [5, 5.41) is 3.87. The summed E-state index contributed by atoms with van der Waals surface area (Å²) < 4.78 is 24.0. The highest BCUT2D eigenvalue weighted by atomic mass is 19.1. The number of rotatable bonds is 3. The van der Waals surface area contributed by atoms with Gasteiger partial charge in [-0.2, -0.15) is 4.98 Å². The molecule has 4 rings (SSSR count). The van der Waals surface area contributed by atoms with Gasteiger partial charge in [0, 0.05) is 19.0 Å². The van der Waals surface area contributed by atoms with Crippen molar-refractivity contribution < 1.29 is 18.4 Å². The molecule has 0 saturated carbocycles. The van der Waals surface area contributed by atoms with Crippen LogP contribution in [-0.4, -0.2) is 47.3 Å². The van der Waals surface area contributed by atoms with Crippen molar-refractivity contribution in [1.82, 2.24) is 15.0 Å². The van der Waals surface area contributed by atoms with Gasteiger partial charge in [0.25, 0.3) is 0 Å². The second-order valence-corrected chi connectivity index (χ2v) is 6.85. The van der Waals surface area contributed by atoms with Crippen LogP contribution in [0.5, 0.6) is 0 Å². The summed E-state index contributed by atoms with van der Waals surface area (Å²) in [6, 6.07) is 6.08. The number of aryl methyl sites for hydroxylation is 1. The number of ether oxygens (including phenoxy) is 1. The first-order chi connectivity index (χ1) is 12.1. The van der Waals surface area contributed by atoms with E-state index >= 15 is 0 Å². The number of nitrogens with zero attached hydrogens (tertiary/aromatic N) is 3. The maximum atomic E-state index is 13.0. The monoisotopic (exact) mass is 345 g/mol. The number of fused-ring (bicyclic) bond motifs is 1. The van der Waals surface area contributed by atoms with Crippen LogP contribution in [0, 0.1) is 24.6 Å². The van der Waals surface area contributed by atoms with Crippen molar-refractivity contribution in [2.24, 2.45) is 11.8 Å². The Morgan fingerprint density at radius 3 is 2.80 bits per heavy atom. The molecule has 2 aliphatic heterocycles. The van der Waals surface area contributed by atoms with Crippen molar-refractivity contribution in [2.45, 2.75) is 19.3 Å². The summed E-state index contributed by atoms with van der Waals surface area (Å²) in [7, 11) is 0. The molecule has 1 amide bonds. The fourth-order valence-corrected chi connectivity index (χ4v) is 3.81. The van der Waals surface area contributed by atoms with E-state index in [-0.39, 0.29) is 35.9 Å². The van der Waals surface area contributed by atoms with E-state index in [0.29, 0.717) is 38.0 Å². The highest BCUT2D eigenvalue weighted by molar-refractivity contribution is 5.79. The Hall–Kier alpha value is -2.28. The molecule has 1 aromatic carbocycles. The SMILES string of the molecule is Cc1noc([C@H]2COC[C@H]3CN(C(=O)Cc4ccc(F)cc4)C[C@H]32)n1. The molecule has 2 fully saturated rings. The maximum Gasteiger partial charge on any atom is 0.232 e. The maximum absolute atomic E-state index is 13.0. The van der Waals surface area contributed by atoms with Gasteiger partial charge in [-0.1, -0.05) is 17.3 Å². The first kappa shape index (κ1) is 16.2. The van der Waals surface area contributed by atoms with E-state index < -0.39 is 0 Å². The molecular weight excluding hydrogens is 325 g/mol. The third kappa shape index (κ3) is 3.28. The van der Waals surface area contributed by atoms with Crippen LogP contribution in [0.1, 0.15) is 23.2 Å². The molecule has 6 nitrogen and oxygen atoms in total. The van der Waals surface area contributed by atoms with Crippen LogP contribution in [0.2, 0.25) is 0 Å². The number of aromatic nitrogens is 2. The van der Waals surface area contributed by atoms with Gasteiger partial charge < -0.3 is 14.2 Å². The average molecular weight is 345 g/mol. The molecule has 0 N–H and O–H groups in total. The van der Waals surface area contributed by atoms with Crippen LogP contribution in [0.25, 0.3) is 0 Å². The molecule has 3 heterocycles. The summed E-state index contributed by atoms with van der Waals surface area (Å²) in [5.74, 6) is 1.55. The predicted molar refractivity (Wildman–Crippen MR) is 86.3 cm³/mol. The highest BCUT2D eigenvalue weighted by Gasteiger charge is 2.44. The van der Waals surface area contributed by atoms with Gasteiger partial charge in [-0.05, 0) is 30.5 Å². The minimum absolute atomic E-state index is 0.0311. The van der Waals surface area contributed by atoms with Crippen molar-refractivity contribution in [3.63, 3.8) is 0 Å². The first-order valence-corrected chi connectivity index (χ1v) is 8.50. The van der Waals surface area contributed by atoms with Crippen LogP contribution in [0.15, 0.2) is 28.8 Å². The lowest BCUT2D eigenvalue weighted by atomic mass is 9.83. The number of hydrogen-bond acceptors (Lipinski definition) is 5. The van der Waals surface area contributed by atoms with E-state index in [9.17, 15) is 9.18 Å². The average Bonchev–Trinajstić information content (AvgIpc) is 3.22. The lowest BCUT2D eigenvalue weighted by Gasteiger charge is -2.30. The number of hydrogen-bond donors (Lipinski definition) is 0. The van der Waals surface area contributed by atoms with Gasteiger partial charge in [0.2, 0.25) is 11.8 Å². The van der Waals surface area contributed by atoms with E-state index in [4.69, 9.17) is 9.26 Å². The quantitative estimate of drug-likeness (QED) is 0.850. The second-order valence-electron chi connectivity index (χ2n) is 6.85. The van der Waals surface area contributed by atoms with Gasteiger partial charge in [-0.3, -0.25) is 4.79 Å². The largest absolute Gasteiger partial charge is 0.380 e. The van der Waals surface area contributed by atoms with E-state index in [2.05, 4.69) is 10.1 Å². The predicted octanol–water partition coefficient (Wildman–Crippen LogP) is 1.95. The molecule has 1 aromatic heterocycles. The Labute approximate surface area is 145 Å². The number of carbonyl (C=O) groups is 1. The highest BCUT2D eigenvalue weighted by Crippen LogP contribution is 2.39. The first-order valence-electron chi connectivity index (χ1n) is 8.50. The third-order valence-corrected chi connectivity index (χ3v) is 5.12. The lowest BCUT2D eigenvalue weighted by Crippen LogP contribution is -2.33. The van der Waals surface area contributed by atoms with Crippen molar-refractivity contribution in [3.05, 3.63) is 47.4 Å². The number of amides is 1. The summed E-state index contributed by atoms with van der Waals surface area (Å²) in [6.45, 7) is 4.33. The van der Waals surface area contributed by atoms with Crippen molar-refractivity contribution in [1.29, 1.82) is 0 Å². The van der Waals surface area contributed by atoms with Gasteiger partial charge in [0.1, 0.15) is 5.82 Å². The normalized spacial score (nSPS) is 25.8. The molecule has 2 aromatic rings. The van der Waals surface area contributed by atoms with E-state index in [0.717, 1.165) is 5.56 Å². The molecule has 7 heteroatoms. The molecule has 0 bridgehead atoms. The van der Waals surface area contributed by atoms with Crippen LogP contribution in [-0.2, 0) is 16.0 Å². The van der Waals surface area contributed by atoms with Crippen LogP contribution in [0.4, 0.5) is 4.39 Å². The number of halogens is 1. The number of likely N-dealkylation sites (tertiary alicyclic amines) is 1. The number of benzene rings is 1. The lowest BCUT2D eigenvalue weighted by molar-refractivity contribution is -0.129. The summed E-state index contributed by atoms with van der Waals surface area (Å²) in [6.07, 6.45) is 0.283. The summed E-state index contributed by atoms with van der Waals surface area (Å²) in [4.78, 5) is 18.9. The Kier molecular flexibility index (Phi) is 4.25. The molecule has 132 valence electrons. The van der Waals surface area contributed by atoms with Gasteiger partial charge >= 0.3 is 0 Å². The topological polar surface area (TPSA) is 68.5 Å². The molecule has 0 unspecified atom stereocenters. The minimum Gasteiger partial charge on any atom is -0.380 e. The molecule has 0 aliphatic carbocycles. The molecule has 2 saturated heterocycles. The summed E-state index contributed by atoms with van der Waals surface area (Å²) >= 11 is 0. The second kappa shape index (κ2) is 6.55. The van der Waals surface area contributed by atoms with Gasteiger partial charge in [-0.15, -0.1) is 0 Å². The van der Waals surface area contributed by atoms with Crippen LogP contribution in [0.3, 0.4) is 0 Å². The molecule has 0 spiro atoms. The smallest absolute Gasteiger partial charge is 0.232 e. The van der Waals surface area contributed by atoms with E-state index in [1.54, 1.807) is 19.1 Å². The Balaban J connectivity index is 1.45. The van der Waals surface area contributed by atoms with Crippen LogP contribution >= 0.6 is 0 Å². The van der Waals surface area contributed by atoms with Crippen molar-refractivity contribution in [2.75, 3.05) is 26.3 Å². The zero-order valence-corrected chi connectivity index (χ0v) is 14.0. The van der Waals surface area contributed by atoms with E-state index in [1.165, 1.54) is 12.1 Å². The van der Waals surface area contributed by atoms with Crippen molar-refractivity contribution in [3.8, 4) is 0 Å². The van der Waals surface area contributed by atoms with Crippen LogP contribution < -0.4 is 0 Å². The molecule has 0 radical (unpaired) electrons.